The van der Waals surface area contributed by atoms with Crippen molar-refractivity contribution in [1.29, 1.82) is 5.26 Å². The minimum absolute atomic E-state index is 0.0114. The highest BCUT2D eigenvalue weighted by molar-refractivity contribution is 7.90. The number of nitriles is 1. The van der Waals surface area contributed by atoms with Crippen LogP contribution in [0.25, 0.3) is 10.9 Å². The molecule has 0 saturated heterocycles. The lowest BCUT2D eigenvalue weighted by molar-refractivity contribution is 0.111. The number of aldehydes is 1. The molecule has 0 spiro atoms. The highest BCUT2D eigenvalue weighted by Crippen LogP contribution is 2.40. The van der Waals surface area contributed by atoms with Crippen LogP contribution in [0.3, 0.4) is 0 Å². The molecular formula is C28H32ClN2O5PS. The highest BCUT2D eigenvalue weighted by atomic mass is 35.5. The summed E-state index contributed by atoms with van der Waals surface area (Å²) in [6.45, 7) is 6.62. The lowest BCUT2D eigenvalue weighted by atomic mass is 10.2. The van der Waals surface area contributed by atoms with E-state index in [0.717, 1.165) is 22.6 Å². The first-order chi connectivity index (χ1) is 18.2. The number of carbonyl (C=O) groups is 1. The van der Waals surface area contributed by atoms with Gasteiger partial charge < -0.3 is 9.26 Å². The average molecular weight is 575 g/mol. The van der Waals surface area contributed by atoms with Gasteiger partial charge in [0, 0.05) is 41.8 Å². The molecule has 0 N–H and O–H groups in total. The van der Waals surface area contributed by atoms with Gasteiger partial charge in [0.05, 0.1) is 31.1 Å². The van der Waals surface area contributed by atoms with E-state index in [1.54, 1.807) is 49.6 Å². The lowest BCUT2D eigenvalue weighted by Crippen LogP contribution is -2.22. The maximum atomic E-state index is 13.4. The molecule has 1 aromatic heterocycles. The van der Waals surface area contributed by atoms with Gasteiger partial charge in [-0.1, -0.05) is 42.8 Å². The van der Waals surface area contributed by atoms with Gasteiger partial charge in [-0.2, -0.15) is 5.26 Å². The van der Waals surface area contributed by atoms with Gasteiger partial charge in [-0.25, -0.2) is 12.4 Å². The van der Waals surface area contributed by atoms with Crippen LogP contribution in [0.1, 0.15) is 41.9 Å². The molecule has 3 aromatic rings. The predicted octanol–water partition coefficient (Wildman–Crippen LogP) is 5.63. The van der Waals surface area contributed by atoms with Gasteiger partial charge in [0.1, 0.15) is 5.69 Å². The monoisotopic (exact) mass is 574 g/mol. The van der Waals surface area contributed by atoms with Crippen LogP contribution in [-0.4, -0.2) is 45.3 Å². The fourth-order valence-corrected chi connectivity index (χ4v) is 7.29. The summed E-state index contributed by atoms with van der Waals surface area (Å²) < 4.78 is 38.2. The van der Waals surface area contributed by atoms with Gasteiger partial charge in [0.25, 0.3) is 0 Å². The number of carbonyl (C=O) groups excluding carboxylic acids is 1. The summed E-state index contributed by atoms with van der Waals surface area (Å²) in [6.07, 6.45) is 8.28. The van der Waals surface area contributed by atoms with Crippen LogP contribution in [0.4, 0.5) is 0 Å². The number of aryl methyl sites for hydroxylation is 1. The van der Waals surface area contributed by atoms with Crippen LogP contribution in [0.5, 0.6) is 0 Å². The summed E-state index contributed by atoms with van der Waals surface area (Å²) in [5.74, 6) is -0.290. The van der Waals surface area contributed by atoms with E-state index in [9.17, 15) is 18.5 Å². The molecular weight excluding hydrogens is 543 g/mol. The third kappa shape index (κ3) is 7.63. The van der Waals surface area contributed by atoms with Gasteiger partial charge in [-0.15, -0.1) is 0 Å². The maximum absolute atomic E-state index is 13.4. The van der Waals surface area contributed by atoms with Crippen LogP contribution in [-0.2, 0) is 19.3 Å². The molecule has 0 fully saturated rings. The van der Waals surface area contributed by atoms with E-state index in [0.29, 0.717) is 38.4 Å². The van der Waals surface area contributed by atoms with Crippen molar-refractivity contribution >= 4 is 57.6 Å². The van der Waals surface area contributed by atoms with E-state index in [1.807, 2.05) is 32.9 Å². The summed E-state index contributed by atoms with van der Waals surface area (Å²) in [6, 6.07) is 12.3. The van der Waals surface area contributed by atoms with E-state index in [-0.39, 0.29) is 11.4 Å². The largest absolute Gasteiger partial charge is 0.385 e. The SMILES string of the molecule is CC/C=C\C=C/CS(=O)(=O)n1c(C=O)c(P(OC)c2cc(C)cc(C#N)c2)c2cc(Cl)ccc21.CCOC. The molecule has 3 rings (SSSR count). The summed E-state index contributed by atoms with van der Waals surface area (Å²) in [5, 5.41) is 11.5. The number of allylic oxidation sites excluding steroid dienone is 3. The van der Waals surface area contributed by atoms with Crippen LogP contribution in [0.2, 0.25) is 5.02 Å². The molecule has 0 amide bonds. The van der Waals surface area contributed by atoms with Gasteiger partial charge in [-0.05, 0) is 62.2 Å². The van der Waals surface area contributed by atoms with Crippen molar-refractivity contribution in [2.24, 2.45) is 0 Å². The molecule has 1 atom stereocenters. The van der Waals surface area contributed by atoms with Gasteiger partial charge >= 0.3 is 0 Å². The van der Waals surface area contributed by atoms with Gasteiger partial charge in [0.2, 0.25) is 10.0 Å². The number of hydrogen-bond donors (Lipinski definition) is 0. The number of nitrogens with zero attached hydrogens (tertiary/aromatic N) is 2. The number of halogens is 1. The smallest absolute Gasteiger partial charge is 0.243 e. The number of ether oxygens (including phenoxy) is 1. The van der Waals surface area contributed by atoms with Crippen LogP contribution >= 0.6 is 19.7 Å². The van der Waals surface area contributed by atoms with Crippen molar-refractivity contribution in [3.8, 4) is 6.07 Å². The Morgan fingerprint density at radius 1 is 1.11 bits per heavy atom. The zero-order valence-corrected chi connectivity index (χ0v) is 24.6. The molecule has 38 heavy (non-hydrogen) atoms. The second-order valence-electron chi connectivity index (χ2n) is 8.04. The maximum Gasteiger partial charge on any atom is 0.243 e. The lowest BCUT2D eigenvalue weighted by Gasteiger charge is -2.17. The normalized spacial score (nSPS) is 12.4. The molecule has 1 unspecified atom stereocenters. The fourth-order valence-electron chi connectivity index (χ4n) is 3.67. The van der Waals surface area contributed by atoms with Gasteiger partial charge in [0.15, 0.2) is 6.29 Å². The second-order valence-corrected chi connectivity index (χ2v) is 12.3. The average Bonchev–Trinajstić information content (AvgIpc) is 3.23. The number of fused-ring (bicyclic) bond motifs is 1. The van der Waals surface area contributed by atoms with E-state index >= 15 is 0 Å². The standard InChI is InChI=1S/C25H24ClN2O4PS.C3H8O/c1-4-5-6-7-8-11-34(30,31)28-23-10-9-20(26)15-22(23)25(24(28)17-29)33(32-3)21-13-18(2)12-19(14-21)16-27;1-3-4-2/h5-10,12-15,17H,4,11H2,1-3H3;3H2,1-2H3/b6-5-,8-7-;. The number of aromatic nitrogens is 1. The summed E-state index contributed by atoms with van der Waals surface area (Å²) in [4.78, 5) is 12.4. The Morgan fingerprint density at radius 2 is 1.79 bits per heavy atom. The molecule has 2 aromatic carbocycles. The van der Waals surface area contributed by atoms with Crippen molar-refractivity contribution < 1.29 is 22.5 Å². The Hall–Kier alpha value is -2.79. The molecule has 10 heteroatoms. The van der Waals surface area contributed by atoms with E-state index in [2.05, 4.69) is 10.8 Å². The Labute approximate surface area is 231 Å². The van der Waals surface area contributed by atoms with Crippen LogP contribution < -0.4 is 10.6 Å². The van der Waals surface area contributed by atoms with Gasteiger partial charge in [-0.3, -0.25) is 4.79 Å². The molecule has 0 bridgehead atoms. The Balaban J connectivity index is 0.00000118. The third-order valence-corrected chi connectivity index (χ3v) is 9.08. The number of benzene rings is 2. The molecule has 1 heterocycles. The Kier molecular flexibility index (Phi) is 12.4. The fraction of sp³-hybridized carbons (Fsp3) is 0.286. The molecule has 202 valence electrons. The zero-order chi connectivity index (χ0) is 28.3. The first-order valence-corrected chi connectivity index (χ1v) is 15.1. The van der Waals surface area contributed by atoms with Crippen molar-refractivity contribution in [2.75, 3.05) is 26.6 Å². The second kappa shape index (κ2) is 15.0. The molecule has 0 saturated carbocycles. The molecule has 0 aliphatic carbocycles. The van der Waals surface area contributed by atoms with Crippen molar-refractivity contribution in [1.82, 2.24) is 3.97 Å². The van der Waals surface area contributed by atoms with Crippen molar-refractivity contribution in [3.63, 3.8) is 0 Å². The predicted molar refractivity (Wildman–Crippen MR) is 157 cm³/mol. The van der Waals surface area contributed by atoms with Crippen LogP contribution in [0, 0.1) is 18.3 Å². The third-order valence-electron chi connectivity index (χ3n) is 5.31. The minimum atomic E-state index is -3.93. The van der Waals surface area contributed by atoms with Crippen molar-refractivity contribution in [2.45, 2.75) is 27.2 Å². The quantitative estimate of drug-likeness (QED) is 0.177. The molecule has 7 nitrogen and oxygen atoms in total. The molecule has 0 radical (unpaired) electrons. The van der Waals surface area contributed by atoms with E-state index < -0.39 is 18.2 Å². The summed E-state index contributed by atoms with van der Waals surface area (Å²) in [7, 11) is -2.38. The Bertz CT molecular complexity index is 1470. The zero-order valence-electron chi connectivity index (χ0n) is 22.1. The van der Waals surface area contributed by atoms with Crippen LogP contribution in [0.15, 0.2) is 60.7 Å². The number of rotatable bonds is 10. The van der Waals surface area contributed by atoms with Crippen molar-refractivity contribution in [3.05, 3.63) is 82.5 Å². The molecule has 0 aliphatic heterocycles. The summed E-state index contributed by atoms with van der Waals surface area (Å²) >= 11 is 6.27. The van der Waals surface area contributed by atoms with E-state index in [1.165, 1.54) is 13.2 Å². The topological polar surface area (TPSA) is 98.4 Å². The minimum Gasteiger partial charge on any atom is -0.385 e. The summed E-state index contributed by atoms with van der Waals surface area (Å²) in [5.41, 5.74) is 1.64. The number of hydrogen-bond acceptors (Lipinski definition) is 6. The first kappa shape index (κ1) is 31.4. The number of methoxy groups -OCH3 is 1. The highest BCUT2D eigenvalue weighted by Gasteiger charge is 2.30. The Morgan fingerprint density at radius 3 is 2.37 bits per heavy atom. The van der Waals surface area contributed by atoms with E-state index in [4.69, 9.17) is 16.1 Å². The molecule has 0 aliphatic rings. The first-order valence-electron chi connectivity index (χ1n) is 11.9.